The van der Waals surface area contributed by atoms with E-state index < -0.39 is 10.0 Å². The van der Waals surface area contributed by atoms with E-state index in [1.54, 1.807) is 4.90 Å². The second kappa shape index (κ2) is 9.67. The molecule has 0 bridgehead atoms. The van der Waals surface area contributed by atoms with Crippen molar-refractivity contribution in [3.05, 3.63) is 0 Å². The molecule has 0 aromatic rings. The third-order valence-corrected chi connectivity index (χ3v) is 4.85. The van der Waals surface area contributed by atoms with Gasteiger partial charge >= 0.3 is 0 Å². The Morgan fingerprint density at radius 2 is 2.09 bits per heavy atom. The molecular weight excluding hydrogens is 330 g/mol. The zero-order valence-electron chi connectivity index (χ0n) is 13.4. The molecule has 0 aromatic heterocycles. The predicted molar refractivity (Wildman–Crippen MR) is 88.5 cm³/mol. The maximum atomic E-state index is 12.1. The number of nitrogens with two attached hydrogens (primary N) is 1. The van der Waals surface area contributed by atoms with Gasteiger partial charge in [-0.2, -0.15) is 0 Å². The zero-order valence-corrected chi connectivity index (χ0v) is 15.1. The molecule has 2 atom stereocenters. The van der Waals surface area contributed by atoms with Crippen LogP contribution in [-0.2, 0) is 19.6 Å². The number of carbonyl (C=O) groups excluding carboxylic acids is 1. The Morgan fingerprint density at radius 3 is 2.59 bits per heavy atom. The van der Waals surface area contributed by atoms with E-state index in [4.69, 9.17) is 10.5 Å². The molecule has 0 saturated carbocycles. The number of amides is 1. The maximum absolute atomic E-state index is 12.1. The molecule has 1 amide bonds. The van der Waals surface area contributed by atoms with Crippen LogP contribution in [-0.4, -0.2) is 63.4 Å². The fraction of sp³-hybridized carbons (Fsp3) is 0.923. The van der Waals surface area contributed by atoms with Crippen molar-refractivity contribution in [3.63, 3.8) is 0 Å². The van der Waals surface area contributed by atoms with Gasteiger partial charge in [0.15, 0.2) is 0 Å². The standard InChI is InChI=1S/C13H27N3O4S.ClH/c1-10(2)20-4-5-21(18,19)15-8-13(17)16-9-12(7-14)6-11(16)3;/h10-12,15H,4-9,14H2,1-3H3;1H. The summed E-state index contributed by atoms with van der Waals surface area (Å²) in [5.74, 6) is -0.0359. The SMILES string of the molecule is CC(C)OCCS(=O)(=O)NCC(=O)N1CC(CN)CC1C.Cl. The molecule has 0 spiro atoms. The summed E-state index contributed by atoms with van der Waals surface area (Å²) in [4.78, 5) is 13.8. The lowest BCUT2D eigenvalue weighted by Crippen LogP contribution is -2.42. The lowest BCUT2D eigenvalue weighted by atomic mass is 10.1. The molecule has 0 radical (unpaired) electrons. The van der Waals surface area contributed by atoms with Gasteiger partial charge in [0.1, 0.15) is 0 Å². The third-order valence-electron chi connectivity index (χ3n) is 3.56. The van der Waals surface area contributed by atoms with Gasteiger partial charge in [0, 0.05) is 12.6 Å². The van der Waals surface area contributed by atoms with Gasteiger partial charge in [0.25, 0.3) is 0 Å². The monoisotopic (exact) mass is 357 g/mol. The highest BCUT2D eigenvalue weighted by Crippen LogP contribution is 2.21. The van der Waals surface area contributed by atoms with Crippen LogP contribution in [0.5, 0.6) is 0 Å². The predicted octanol–water partition coefficient (Wildman–Crippen LogP) is -0.0517. The molecule has 7 nitrogen and oxygen atoms in total. The summed E-state index contributed by atoms with van der Waals surface area (Å²) in [5, 5.41) is 0. The second-order valence-electron chi connectivity index (χ2n) is 5.79. The van der Waals surface area contributed by atoms with Gasteiger partial charge < -0.3 is 15.4 Å². The van der Waals surface area contributed by atoms with E-state index in [2.05, 4.69) is 4.72 Å². The van der Waals surface area contributed by atoms with Crippen molar-refractivity contribution in [1.82, 2.24) is 9.62 Å². The number of nitrogens with zero attached hydrogens (tertiary/aromatic N) is 1. The summed E-state index contributed by atoms with van der Waals surface area (Å²) < 4.78 is 31.0. The van der Waals surface area contributed by atoms with E-state index in [1.807, 2.05) is 20.8 Å². The molecule has 1 aliphatic rings. The third kappa shape index (κ3) is 7.23. The average molecular weight is 358 g/mol. The highest BCUT2D eigenvalue weighted by Gasteiger charge is 2.31. The van der Waals surface area contributed by atoms with E-state index in [1.165, 1.54) is 0 Å². The lowest BCUT2D eigenvalue weighted by Gasteiger charge is -2.21. The Morgan fingerprint density at radius 1 is 1.45 bits per heavy atom. The van der Waals surface area contributed by atoms with E-state index >= 15 is 0 Å². The zero-order chi connectivity index (χ0) is 16.0. The molecule has 0 aromatic carbocycles. The first kappa shape index (κ1) is 21.6. The number of sulfonamides is 1. The van der Waals surface area contributed by atoms with Gasteiger partial charge in [-0.1, -0.05) is 0 Å². The van der Waals surface area contributed by atoms with Crippen molar-refractivity contribution in [3.8, 4) is 0 Å². The summed E-state index contributed by atoms with van der Waals surface area (Å²) >= 11 is 0. The molecule has 1 heterocycles. The molecule has 2 unspecified atom stereocenters. The van der Waals surface area contributed by atoms with Gasteiger partial charge in [-0.15, -0.1) is 12.4 Å². The van der Waals surface area contributed by atoms with Gasteiger partial charge in [0.2, 0.25) is 15.9 Å². The molecule has 1 fully saturated rings. The molecule has 1 saturated heterocycles. The number of halogens is 1. The summed E-state index contributed by atoms with van der Waals surface area (Å²) in [6.07, 6.45) is 0.859. The quantitative estimate of drug-likeness (QED) is 0.634. The second-order valence-corrected chi connectivity index (χ2v) is 7.72. The number of rotatable bonds is 8. The van der Waals surface area contributed by atoms with Crippen molar-refractivity contribution in [2.24, 2.45) is 11.7 Å². The van der Waals surface area contributed by atoms with Gasteiger partial charge in [-0.3, -0.25) is 4.79 Å². The van der Waals surface area contributed by atoms with Crippen molar-refractivity contribution >= 4 is 28.3 Å². The van der Waals surface area contributed by atoms with Crippen molar-refractivity contribution in [2.75, 3.05) is 32.0 Å². The Kier molecular flexibility index (Phi) is 9.49. The van der Waals surface area contributed by atoms with E-state index in [-0.39, 0.29) is 49.4 Å². The van der Waals surface area contributed by atoms with E-state index in [0.29, 0.717) is 19.0 Å². The minimum Gasteiger partial charge on any atom is -0.378 e. The van der Waals surface area contributed by atoms with Gasteiger partial charge in [-0.25, -0.2) is 13.1 Å². The van der Waals surface area contributed by atoms with Crippen LogP contribution in [0.4, 0.5) is 0 Å². The van der Waals surface area contributed by atoms with E-state index in [9.17, 15) is 13.2 Å². The van der Waals surface area contributed by atoms with Crippen molar-refractivity contribution in [1.29, 1.82) is 0 Å². The fourth-order valence-corrected chi connectivity index (χ4v) is 3.20. The van der Waals surface area contributed by atoms with Crippen LogP contribution in [0.3, 0.4) is 0 Å². The van der Waals surface area contributed by atoms with Gasteiger partial charge in [-0.05, 0) is 39.7 Å². The average Bonchev–Trinajstić information content (AvgIpc) is 2.77. The topological polar surface area (TPSA) is 102 Å². The van der Waals surface area contributed by atoms with Crippen LogP contribution in [0.15, 0.2) is 0 Å². The Balaban J connectivity index is 0.00000441. The molecular formula is C13H28ClN3O4S. The van der Waals surface area contributed by atoms with Crippen LogP contribution in [0.2, 0.25) is 0 Å². The first-order valence-corrected chi connectivity index (χ1v) is 8.99. The molecule has 9 heteroatoms. The number of likely N-dealkylation sites (tertiary alicyclic amines) is 1. The molecule has 1 rings (SSSR count). The maximum Gasteiger partial charge on any atom is 0.237 e. The summed E-state index contributed by atoms with van der Waals surface area (Å²) in [6, 6.07) is 0.111. The summed E-state index contributed by atoms with van der Waals surface area (Å²) in [6.45, 7) is 6.71. The molecule has 0 aliphatic carbocycles. The normalized spacial score (nSPS) is 22.0. The molecule has 1 aliphatic heterocycles. The molecule has 132 valence electrons. The van der Waals surface area contributed by atoms with Crippen LogP contribution in [0, 0.1) is 5.92 Å². The summed E-state index contributed by atoms with van der Waals surface area (Å²) in [7, 11) is -3.49. The Bertz CT molecular complexity index is 445. The van der Waals surface area contributed by atoms with Crippen LogP contribution in [0.25, 0.3) is 0 Å². The van der Waals surface area contributed by atoms with Crippen molar-refractivity contribution in [2.45, 2.75) is 39.3 Å². The van der Waals surface area contributed by atoms with Crippen LogP contribution in [0.1, 0.15) is 27.2 Å². The lowest BCUT2D eigenvalue weighted by molar-refractivity contribution is -0.130. The largest absolute Gasteiger partial charge is 0.378 e. The molecule has 22 heavy (non-hydrogen) atoms. The Hall–Kier alpha value is -0.410. The smallest absolute Gasteiger partial charge is 0.237 e. The minimum atomic E-state index is -3.49. The highest BCUT2D eigenvalue weighted by atomic mass is 35.5. The van der Waals surface area contributed by atoms with Crippen LogP contribution >= 0.6 is 12.4 Å². The number of ether oxygens (including phenoxy) is 1. The van der Waals surface area contributed by atoms with Crippen molar-refractivity contribution < 1.29 is 17.9 Å². The first-order chi connectivity index (χ1) is 9.75. The fourth-order valence-electron chi connectivity index (χ4n) is 2.40. The van der Waals surface area contributed by atoms with E-state index in [0.717, 1.165) is 6.42 Å². The minimum absolute atomic E-state index is 0. The molecule has 3 N–H and O–H groups in total. The number of hydrogen-bond donors (Lipinski definition) is 2. The van der Waals surface area contributed by atoms with Gasteiger partial charge in [0.05, 0.1) is 25.0 Å². The number of carbonyl (C=O) groups is 1. The Labute approximate surface area is 139 Å². The first-order valence-electron chi connectivity index (χ1n) is 7.33. The number of nitrogens with one attached hydrogen (secondary N) is 1. The number of hydrogen-bond acceptors (Lipinski definition) is 5. The van der Waals surface area contributed by atoms with Crippen LogP contribution < -0.4 is 10.5 Å². The highest BCUT2D eigenvalue weighted by molar-refractivity contribution is 7.89. The summed E-state index contributed by atoms with van der Waals surface area (Å²) in [5.41, 5.74) is 5.62.